The van der Waals surface area contributed by atoms with E-state index in [9.17, 15) is 13.2 Å². The van der Waals surface area contributed by atoms with E-state index in [-0.39, 0.29) is 23.4 Å². The van der Waals surface area contributed by atoms with E-state index < -0.39 is 15.7 Å². The van der Waals surface area contributed by atoms with Crippen molar-refractivity contribution in [3.8, 4) is 16.9 Å². The predicted octanol–water partition coefficient (Wildman–Crippen LogP) is 2.90. The molecule has 1 amide bonds. The third-order valence-corrected chi connectivity index (χ3v) is 6.80. The standard InChI is InChI=1S/C24H24N4O4S/c1-3-13-33(30,31)32-21-11-5-10-20(15-21)24(22(29)28(2)23(25)27-24)19-9-4-7-17(14-19)18-8-6-12-26-16-18/h4-12,14-16H,3,13H2,1-2H3,(H2,25,27). The van der Waals surface area contributed by atoms with E-state index in [1.165, 1.54) is 17.0 Å². The molecule has 1 atom stereocenters. The van der Waals surface area contributed by atoms with Crippen LogP contribution in [0.25, 0.3) is 11.1 Å². The van der Waals surface area contributed by atoms with Crippen molar-refractivity contribution in [1.29, 1.82) is 0 Å². The molecule has 0 bridgehead atoms. The van der Waals surface area contributed by atoms with E-state index in [2.05, 4.69) is 9.98 Å². The van der Waals surface area contributed by atoms with Gasteiger partial charge in [0.25, 0.3) is 5.91 Å². The first kappa shape index (κ1) is 22.5. The lowest BCUT2D eigenvalue weighted by Crippen LogP contribution is -2.41. The van der Waals surface area contributed by atoms with Crippen LogP contribution in [0.15, 0.2) is 78.0 Å². The molecule has 33 heavy (non-hydrogen) atoms. The fourth-order valence-corrected chi connectivity index (χ4v) is 4.83. The van der Waals surface area contributed by atoms with Crippen molar-refractivity contribution in [2.45, 2.75) is 18.9 Å². The number of carbonyl (C=O) groups is 1. The van der Waals surface area contributed by atoms with Crippen LogP contribution in [0, 0.1) is 0 Å². The SMILES string of the molecule is CCCS(=O)(=O)Oc1cccc(C2(c3cccc(-c4cccnc4)c3)N=C(N)N(C)C2=O)c1. The second-order valence-electron chi connectivity index (χ2n) is 7.74. The van der Waals surface area contributed by atoms with Gasteiger partial charge in [-0.25, -0.2) is 4.99 Å². The van der Waals surface area contributed by atoms with Gasteiger partial charge in [0, 0.05) is 19.4 Å². The minimum absolute atomic E-state index is 0.0664. The fraction of sp³-hybridized carbons (Fsp3) is 0.208. The first-order chi connectivity index (χ1) is 15.8. The average molecular weight is 465 g/mol. The van der Waals surface area contributed by atoms with E-state index >= 15 is 0 Å². The minimum atomic E-state index is -3.75. The molecule has 1 aromatic heterocycles. The number of rotatable bonds is 7. The van der Waals surface area contributed by atoms with Gasteiger partial charge in [0.05, 0.1) is 5.75 Å². The van der Waals surface area contributed by atoms with Gasteiger partial charge < -0.3 is 9.92 Å². The Hall–Kier alpha value is -3.72. The maximum Gasteiger partial charge on any atom is 0.309 e. The molecular weight excluding hydrogens is 440 g/mol. The van der Waals surface area contributed by atoms with Crippen LogP contribution in [0.4, 0.5) is 0 Å². The van der Waals surface area contributed by atoms with Crippen molar-refractivity contribution in [1.82, 2.24) is 9.88 Å². The van der Waals surface area contributed by atoms with Crippen molar-refractivity contribution < 1.29 is 17.4 Å². The monoisotopic (exact) mass is 464 g/mol. The first-order valence-corrected chi connectivity index (χ1v) is 12.0. The highest BCUT2D eigenvalue weighted by Gasteiger charge is 2.49. The Kier molecular flexibility index (Phi) is 5.90. The van der Waals surface area contributed by atoms with Crippen molar-refractivity contribution in [3.63, 3.8) is 0 Å². The molecule has 170 valence electrons. The summed E-state index contributed by atoms with van der Waals surface area (Å²) in [5, 5.41) is 0. The second-order valence-corrected chi connectivity index (χ2v) is 9.43. The third kappa shape index (κ3) is 4.19. The molecule has 1 aliphatic heterocycles. The highest BCUT2D eigenvalue weighted by Crippen LogP contribution is 2.41. The quantitative estimate of drug-likeness (QED) is 0.538. The van der Waals surface area contributed by atoms with Crippen LogP contribution in [0.1, 0.15) is 24.5 Å². The zero-order valence-electron chi connectivity index (χ0n) is 18.3. The maximum absolute atomic E-state index is 13.5. The van der Waals surface area contributed by atoms with Crippen LogP contribution in [0.5, 0.6) is 5.75 Å². The number of carbonyl (C=O) groups excluding carboxylic acids is 1. The topological polar surface area (TPSA) is 115 Å². The van der Waals surface area contributed by atoms with Gasteiger partial charge in [-0.15, -0.1) is 0 Å². The molecule has 0 aliphatic carbocycles. The molecule has 0 saturated heterocycles. The summed E-state index contributed by atoms with van der Waals surface area (Å²) in [5.74, 6) is -0.282. The first-order valence-electron chi connectivity index (χ1n) is 10.4. The van der Waals surface area contributed by atoms with Crippen LogP contribution in [-0.4, -0.2) is 43.0 Å². The lowest BCUT2D eigenvalue weighted by molar-refractivity contribution is -0.129. The summed E-state index contributed by atoms with van der Waals surface area (Å²) in [6, 6.07) is 17.6. The molecule has 1 aliphatic rings. The number of amides is 1. The molecule has 0 fully saturated rings. The van der Waals surface area contributed by atoms with Gasteiger partial charge in [0.2, 0.25) is 0 Å². The number of hydrogen-bond donors (Lipinski definition) is 1. The largest absolute Gasteiger partial charge is 0.382 e. The Morgan fingerprint density at radius 1 is 1.03 bits per heavy atom. The molecular formula is C24H24N4O4S. The van der Waals surface area contributed by atoms with Gasteiger partial charge in [-0.2, -0.15) is 8.42 Å². The minimum Gasteiger partial charge on any atom is -0.382 e. The van der Waals surface area contributed by atoms with Gasteiger partial charge in [-0.05, 0) is 52.9 Å². The summed E-state index contributed by atoms with van der Waals surface area (Å²) in [6.07, 6.45) is 3.85. The number of nitrogens with zero attached hydrogens (tertiary/aromatic N) is 3. The van der Waals surface area contributed by atoms with E-state index in [0.717, 1.165) is 11.1 Å². The van der Waals surface area contributed by atoms with Crippen LogP contribution in [0.2, 0.25) is 0 Å². The molecule has 2 N–H and O–H groups in total. The molecule has 8 nitrogen and oxygen atoms in total. The average Bonchev–Trinajstić information content (AvgIpc) is 3.04. The Labute approximate surface area is 192 Å². The zero-order valence-corrected chi connectivity index (χ0v) is 19.1. The number of nitrogens with two attached hydrogens (primary N) is 1. The van der Waals surface area contributed by atoms with E-state index in [1.54, 1.807) is 44.6 Å². The number of pyridine rings is 1. The number of guanidine groups is 1. The summed E-state index contributed by atoms with van der Waals surface area (Å²) in [4.78, 5) is 23.6. The molecule has 4 rings (SSSR count). The number of aromatic nitrogens is 1. The predicted molar refractivity (Wildman–Crippen MR) is 126 cm³/mol. The van der Waals surface area contributed by atoms with Crippen LogP contribution < -0.4 is 9.92 Å². The molecule has 0 saturated carbocycles. The molecule has 1 unspecified atom stereocenters. The zero-order chi connectivity index (χ0) is 23.6. The van der Waals surface area contributed by atoms with Crippen LogP contribution in [0.3, 0.4) is 0 Å². The summed E-state index contributed by atoms with van der Waals surface area (Å²) < 4.78 is 29.7. The van der Waals surface area contributed by atoms with Gasteiger partial charge in [-0.1, -0.05) is 43.3 Å². The highest BCUT2D eigenvalue weighted by atomic mass is 32.2. The Morgan fingerprint density at radius 2 is 1.73 bits per heavy atom. The normalized spacial score (nSPS) is 18.3. The molecule has 9 heteroatoms. The summed E-state index contributed by atoms with van der Waals surface area (Å²) in [6.45, 7) is 1.76. The number of hydrogen-bond acceptors (Lipinski definition) is 7. The summed E-state index contributed by atoms with van der Waals surface area (Å²) in [7, 11) is -2.19. The second kappa shape index (κ2) is 8.67. The molecule has 2 heterocycles. The maximum atomic E-state index is 13.5. The van der Waals surface area contributed by atoms with Gasteiger partial charge in [0.15, 0.2) is 11.5 Å². The lowest BCUT2D eigenvalue weighted by atomic mass is 9.81. The smallest absolute Gasteiger partial charge is 0.309 e. The lowest BCUT2D eigenvalue weighted by Gasteiger charge is -2.27. The Bertz CT molecular complexity index is 1330. The van der Waals surface area contributed by atoms with Crippen molar-refractivity contribution in [2.24, 2.45) is 10.7 Å². The molecule has 0 radical (unpaired) electrons. The molecule has 0 spiro atoms. The van der Waals surface area contributed by atoms with Crippen molar-refractivity contribution in [3.05, 3.63) is 84.2 Å². The summed E-state index contributed by atoms with van der Waals surface area (Å²) in [5.41, 5.74) is 7.37. The fourth-order valence-electron chi connectivity index (χ4n) is 3.85. The van der Waals surface area contributed by atoms with Crippen molar-refractivity contribution >= 4 is 22.0 Å². The van der Waals surface area contributed by atoms with E-state index in [4.69, 9.17) is 9.92 Å². The van der Waals surface area contributed by atoms with Crippen molar-refractivity contribution in [2.75, 3.05) is 12.8 Å². The number of aliphatic imine (C=N–C) groups is 1. The number of likely N-dealkylation sites (N-methyl/N-ethyl adjacent to an activating group) is 1. The number of benzene rings is 2. The van der Waals surface area contributed by atoms with Gasteiger partial charge in [-0.3, -0.25) is 14.7 Å². The van der Waals surface area contributed by atoms with Crippen LogP contribution in [-0.2, 0) is 20.5 Å². The molecule has 3 aromatic rings. The highest BCUT2D eigenvalue weighted by molar-refractivity contribution is 7.87. The van der Waals surface area contributed by atoms with E-state index in [1.807, 2.05) is 30.3 Å². The third-order valence-electron chi connectivity index (χ3n) is 5.44. The van der Waals surface area contributed by atoms with E-state index in [0.29, 0.717) is 17.5 Å². The Morgan fingerprint density at radius 3 is 2.36 bits per heavy atom. The van der Waals surface area contributed by atoms with Gasteiger partial charge >= 0.3 is 10.1 Å². The Balaban J connectivity index is 1.87. The van der Waals surface area contributed by atoms with Gasteiger partial charge in [0.1, 0.15) is 5.75 Å². The molecule has 2 aromatic carbocycles. The summed E-state index contributed by atoms with van der Waals surface area (Å²) >= 11 is 0. The van der Waals surface area contributed by atoms with Crippen LogP contribution >= 0.6 is 0 Å².